The van der Waals surface area contributed by atoms with Crippen molar-refractivity contribution in [3.8, 4) is 5.75 Å². The second-order valence-corrected chi connectivity index (χ2v) is 7.50. The van der Waals surface area contributed by atoms with Crippen LogP contribution in [0, 0.1) is 10.1 Å². The number of nitrogens with one attached hydrogen (secondary N) is 2. The second kappa shape index (κ2) is 9.15. The van der Waals surface area contributed by atoms with Crippen molar-refractivity contribution in [2.45, 2.75) is 16.5 Å². The Labute approximate surface area is 158 Å². The van der Waals surface area contributed by atoms with Crippen LogP contribution >= 0.6 is 23.1 Å². The van der Waals surface area contributed by atoms with E-state index in [1.807, 2.05) is 0 Å². The molecule has 0 saturated carbocycles. The van der Waals surface area contributed by atoms with Gasteiger partial charge in [-0.3, -0.25) is 14.9 Å². The number of anilines is 2. The van der Waals surface area contributed by atoms with Crippen LogP contribution in [0.4, 0.5) is 16.5 Å². The van der Waals surface area contributed by atoms with Gasteiger partial charge in [-0.05, 0) is 13.0 Å². The summed E-state index contributed by atoms with van der Waals surface area (Å²) in [4.78, 5) is 22.8. The summed E-state index contributed by atoms with van der Waals surface area (Å²) in [5, 5.41) is 24.7. The van der Waals surface area contributed by atoms with Crippen molar-refractivity contribution in [3.63, 3.8) is 0 Å². The van der Waals surface area contributed by atoms with E-state index >= 15 is 0 Å². The number of nitrogens with zero attached hydrogens (tertiary/aromatic N) is 3. The maximum atomic E-state index is 12.4. The number of carbonyl (C=O) groups excluding carboxylic acids is 1. The Morgan fingerprint density at radius 2 is 2.31 bits per heavy atom. The van der Waals surface area contributed by atoms with Crippen molar-refractivity contribution in [1.29, 1.82) is 0 Å². The lowest BCUT2D eigenvalue weighted by Crippen LogP contribution is -2.22. The van der Waals surface area contributed by atoms with Gasteiger partial charge in [-0.2, -0.15) is 0 Å². The summed E-state index contributed by atoms with van der Waals surface area (Å²) in [7, 11) is 1.42. The van der Waals surface area contributed by atoms with Crippen molar-refractivity contribution in [2.24, 2.45) is 0 Å². The smallest absolute Gasteiger partial charge is 0.271 e. The first-order chi connectivity index (χ1) is 12.4. The van der Waals surface area contributed by atoms with Crippen molar-refractivity contribution in [3.05, 3.63) is 41.0 Å². The average molecular weight is 395 g/mol. The molecular weight excluding hydrogens is 378 g/mol. The molecule has 0 bridgehead atoms. The van der Waals surface area contributed by atoms with E-state index < -0.39 is 10.2 Å². The highest BCUT2D eigenvalue weighted by Crippen LogP contribution is 2.32. The van der Waals surface area contributed by atoms with E-state index in [1.54, 1.807) is 13.0 Å². The molecule has 0 radical (unpaired) electrons. The van der Waals surface area contributed by atoms with Crippen LogP contribution in [-0.4, -0.2) is 39.9 Å². The van der Waals surface area contributed by atoms with Gasteiger partial charge in [0.2, 0.25) is 11.0 Å². The van der Waals surface area contributed by atoms with E-state index in [-0.39, 0.29) is 17.3 Å². The van der Waals surface area contributed by atoms with Gasteiger partial charge in [0.25, 0.3) is 5.69 Å². The molecule has 2 rings (SSSR count). The van der Waals surface area contributed by atoms with Crippen LogP contribution < -0.4 is 15.4 Å². The SMILES string of the molecule is C=CCNc1nnc(SC(C)C(=O)Nc2cc([N+](=O)[O-])ccc2OC)s1. The predicted molar refractivity (Wildman–Crippen MR) is 102 cm³/mol. The van der Waals surface area contributed by atoms with Gasteiger partial charge in [0.15, 0.2) is 4.34 Å². The molecule has 0 aliphatic heterocycles. The Morgan fingerprint density at radius 1 is 1.54 bits per heavy atom. The molecule has 26 heavy (non-hydrogen) atoms. The lowest BCUT2D eigenvalue weighted by Gasteiger charge is -2.13. The highest BCUT2D eigenvalue weighted by atomic mass is 32.2. The number of hydrogen-bond acceptors (Lipinski definition) is 9. The molecule has 0 aliphatic carbocycles. The molecule has 1 aromatic heterocycles. The molecule has 9 nitrogen and oxygen atoms in total. The number of thioether (sulfide) groups is 1. The number of hydrogen-bond donors (Lipinski definition) is 2. The molecule has 2 aromatic rings. The van der Waals surface area contributed by atoms with Crippen molar-refractivity contribution in [1.82, 2.24) is 10.2 Å². The first kappa shape index (κ1) is 19.7. The number of benzene rings is 1. The van der Waals surface area contributed by atoms with E-state index in [0.717, 1.165) is 0 Å². The fourth-order valence-electron chi connectivity index (χ4n) is 1.83. The maximum absolute atomic E-state index is 12.4. The zero-order chi connectivity index (χ0) is 19.1. The number of methoxy groups -OCH3 is 1. The summed E-state index contributed by atoms with van der Waals surface area (Å²) < 4.78 is 5.77. The van der Waals surface area contributed by atoms with Gasteiger partial charge in [-0.15, -0.1) is 16.8 Å². The highest BCUT2D eigenvalue weighted by molar-refractivity contribution is 8.02. The summed E-state index contributed by atoms with van der Waals surface area (Å²) in [5.41, 5.74) is 0.105. The number of nitro benzene ring substituents is 1. The Hall–Kier alpha value is -2.66. The first-order valence-electron chi connectivity index (χ1n) is 7.42. The van der Waals surface area contributed by atoms with E-state index in [2.05, 4.69) is 27.4 Å². The van der Waals surface area contributed by atoms with Crippen LogP contribution in [0.15, 0.2) is 35.2 Å². The predicted octanol–water partition coefficient (Wildman–Crippen LogP) is 3.17. The van der Waals surface area contributed by atoms with E-state index in [4.69, 9.17) is 4.74 Å². The topological polar surface area (TPSA) is 119 Å². The van der Waals surface area contributed by atoms with Gasteiger partial charge in [0, 0.05) is 18.7 Å². The van der Waals surface area contributed by atoms with Crippen LogP contribution in [0.2, 0.25) is 0 Å². The Morgan fingerprint density at radius 3 is 2.96 bits per heavy atom. The summed E-state index contributed by atoms with van der Waals surface area (Å²) in [6, 6.07) is 4.01. The number of nitro groups is 1. The van der Waals surface area contributed by atoms with Crippen molar-refractivity contribution >= 4 is 45.5 Å². The van der Waals surface area contributed by atoms with Crippen LogP contribution in [0.3, 0.4) is 0 Å². The largest absolute Gasteiger partial charge is 0.495 e. The Kier molecular flexibility index (Phi) is 6.92. The highest BCUT2D eigenvalue weighted by Gasteiger charge is 2.20. The van der Waals surface area contributed by atoms with E-state index in [0.29, 0.717) is 21.8 Å². The van der Waals surface area contributed by atoms with Crippen molar-refractivity contribution < 1.29 is 14.5 Å². The Balaban J connectivity index is 2.04. The molecule has 1 amide bonds. The maximum Gasteiger partial charge on any atom is 0.271 e. The number of amides is 1. The molecule has 11 heteroatoms. The number of aromatic nitrogens is 2. The van der Waals surface area contributed by atoms with Crippen LogP contribution in [0.1, 0.15) is 6.92 Å². The van der Waals surface area contributed by atoms with Crippen LogP contribution in [-0.2, 0) is 4.79 Å². The number of ether oxygens (including phenoxy) is 1. The molecule has 0 fully saturated rings. The third-order valence-corrected chi connectivity index (χ3v) is 5.17. The van der Waals surface area contributed by atoms with Crippen LogP contribution in [0.25, 0.3) is 0 Å². The quantitative estimate of drug-likeness (QED) is 0.288. The Bertz CT molecular complexity index is 811. The number of non-ortho nitro benzene ring substituents is 1. The third kappa shape index (κ3) is 5.17. The van der Waals surface area contributed by atoms with Crippen LogP contribution in [0.5, 0.6) is 5.75 Å². The molecular formula is C15H17N5O4S2. The summed E-state index contributed by atoms with van der Waals surface area (Å²) >= 11 is 2.57. The van der Waals surface area contributed by atoms with Gasteiger partial charge >= 0.3 is 0 Å². The fourth-order valence-corrected chi connectivity index (χ4v) is 3.74. The molecule has 2 N–H and O–H groups in total. The summed E-state index contributed by atoms with van der Waals surface area (Å²) in [6.45, 7) is 5.89. The normalized spacial score (nSPS) is 11.5. The first-order valence-corrected chi connectivity index (χ1v) is 9.12. The fraction of sp³-hybridized carbons (Fsp3) is 0.267. The standard InChI is InChI=1S/C15H17N5O4S2/c1-4-7-16-14-18-19-15(26-14)25-9(2)13(21)17-11-8-10(20(22)23)5-6-12(11)24-3/h4-6,8-9H,1,7H2,2-3H3,(H,16,18)(H,17,21). The van der Waals surface area contributed by atoms with Gasteiger partial charge in [0.1, 0.15) is 5.75 Å². The monoisotopic (exact) mass is 395 g/mol. The van der Waals surface area contributed by atoms with Gasteiger partial charge in [-0.25, -0.2) is 0 Å². The van der Waals surface area contributed by atoms with Gasteiger partial charge < -0.3 is 15.4 Å². The zero-order valence-corrected chi connectivity index (χ0v) is 15.7. The molecule has 0 spiro atoms. The lowest BCUT2D eigenvalue weighted by molar-refractivity contribution is -0.384. The minimum atomic E-state index is -0.535. The minimum Gasteiger partial charge on any atom is -0.495 e. The molecule has 1 unspecified atom stereocenters. The molecule has 1 aromatic carbocycles. The number of carbonyl (C=O) groups is 1. The number of rotatable bonds is 9. The third-order valence-electron chi connectivity index (χ3n) is 3.10. The molecule has 138 valence electrons. The van der Waals surface area contributed by atoms with Crippen molar-refractivity contribution in [2.75, 3.05) is 24.3 Å². The molecule has 0 saturated heterocycles. The van der Waals surface area contributed by atoms with E-state index in [9.17, 15) is 14.9 Å². The van der Waals surface area contributed by atoms with Gasteiger partial charge in [-0.1, -0.05) is 29.2 Å². The van der Waals surface area contributed by atoms with E-state index in [1.165, 1.54) is 48.4 Å². The minimum absolute atomic E-state index is 0.136. The zero-order valence-electron chi connectivity index (χ0n) is 14.1. The molecule has 1 atom stereocenters. The molecule has 1 heterocycles. The summed E-state index contributed by atoms with van der Waals surface area (Å²) in [6.07, 6.45) is 1.71. The van der Waals surface area contributed by atoms with Gasteiger partial charge in [0.05, 0.1) is 23.0 Å². The average Bonchev–Trinajstić information content (AvgIpc) is 3.06. The summed E-state index contributed by atoms with van der Waals surface area (Å²) in [5.74, 6) is 0.0116. The molecule has 0 aliphatic rings. The second-order valence-electron chi connectivity index (χ2n) is 4.93. The lowest BCUT2D eigenvalue weighted by atomic mass is 10.2.